The Bertz CT molecular complexity index is 1220. The molecule has 2 heterocycles. The lowest BCUT2D eigenvalue weighted by molar-refractivity contribution is -0.137. The lowest BCUT2D eigenvalue weighted by Crippen LogP contribution is -2.32. The highest BCUT2D eigenvalue weighted by molar-refractivity contribution is 6.37. The molecule has 0 saturated heterocycles. The fourth-order valence-corrected chi connectivity index (χ4v) is 3.89. The van der Waals surface area contributed by atoms with Gasteiger partial charge < -0.3 is 5.32 Å². The fraction of sp³-hybridized carbons (Fsp3) is 0.160. The zero-order valence-corrected chi connectivity index (χ0v) is 18.3. The predicted molar refractivity (Wildman–Crippen MR) is 122 cm³/mol. The van der Waals surface area contributed by atoms with E-state index in [4.69, 9.17) is 11.6 Å². The van der Waals surface area contributed by atoms with Crippen LogP contribution in [0.4, 0.5) is 5.69 Å². The summed E-state index contributed by atoms with van der Waals surface area (Å²) in [5.41, 5.74) is 5.77. The molecule has 0 fully saturated rings. The van der Waals surface area contributed by atoms with Crippen LogP contribution < -0.4 is 5.32 Å². The molecule has 31 heavy (non-hydrogen) atoms. The lowest BCUT2D eigenvalue weighted by Gasteiger charge is -2.15. The summed E-state index contributed by atoms with van der Waals surface area (Å²) in [6.45, 7) is 6.01. The first kappa shape index (κ1) is 20.8. The van der Waals surface area contributed by atoms with Crippen molar-refractivity contribution in [1.82, 2.24) is 9.88 Å². The van der Waals surface area contributed by atoms with E-state index in [1.165, 1.54) is 4.90 Å². The Kier molecular flexibility index (Phi) is 5.61. The maximum absolute atomic E-state index is 13.5. The van der Waals surface area contributed by atoms with E-state index in [1.54, 1.807) is 30.6 Å². The van der Waals surface area contributed by atoms with Crippen molar-refractivity contribution in [2.24, 2.45) is 0 Å². The van der Waals surface area contributed by atoms with Crippen molar-refractivity contribution in [2.75, 3.05) is 5.32 Å². The van der Waals surface area contributed by atoms with Crippen LogP contribution in [0.15, 0.2) is 66.6 Å². The summed E-state index contributed by atoms with van der Waals surface area (Å²) < 4.78 is 0. The number of hydrogen-bond donors (Lipinski definition) is 1. The van der Waals surface area contributed by atoms with Gasteiger partial charge in [-0.05, 0) is 61.2 Å². The molecule has 0 unspecified atom stereocenters. The maximum Gasteiger partial charge on any atom is 0.278 e. The molecular weight excluding hydrogens is 410 g/mol. The number of nitrogens with zero attached hydrogens (tertiary/aromatic N) is 2. The molecule has 0 atom stereocenters. The number of pyridine rings is 1. The Balaban J connectivity index is 1.81. The zero-order valence-electron chi connectivity index (χ0n) is 17.6. The highest BCUT2D eigenvalue weighted by Crippen LogP contribution is 2.34. The van der Waals surface area contributed by atoms with Crippen LogP contribution in [0.25, 0.3) is 5.57 Å². The topological polar surface area (TPSA) is 62.3 Å². The maximum atomic E-state index is 13.5. The molecule has 3 aromatic rings. The normalized spacial score (nSPS) is 13.9. The Morgan fingerprint density at radius 2 is 1.77 bits per heavy atom. The molecule has 2 aromatic carbocycles. The van der Waals surface area contributed by atoms with E-state index in [-0.39, 0.29) is 24.1 Å². The molecule has 0 aliphatic carbocycles. The van der Waals surface area contributed by atoms with Gasteiger partial charge in [-0.2, -0.15) is 0 Å². The average molecular weight is 432 g/mol. The van der Waals surface area contributed by atoms with Gasteiger partial charge in [0.2, 0.25) is 0 Å². The van der Waals surface area contributed by atoms with Crippen molar-refractivity contribution in [1.29, 1.82) is 0 Å². The van der Waals surface area contributed by atoms with E-state index in [0.717, 1.165) is 27.8 Å². The van der Waals surface area contributed by atoms with Gasteiger partial charge in [0.1, 0.15) is 5.70 Å². The molecule has 0 spiro atoms. The van der Waals surface area contributed by atoms with Crippen molar-refractivity contribution >= 4 is 34.7 Å². The third-order valence-corrected chi connectivity index (χ3v) is 5.58. The number of amides is 2. The van der Waals surface area contributed by atoms with E-state index in [9.17, 15) is 9.59 Å². The van der Waals surface area contributed by atoms with Gasteiger partial charge in [-0.25, -0.2) is 0 Å². The molecule has 0 bridgehead atoms. The molecule has 0 radical (unpaired) electrons. The third kappa shape index (κ3) is 4.09. The molecule has 6 heteroatoms. The number of rotatable bonds is 5. The van der Waals surface area contributed by atoms with E-state index < -0.39 is 0 Å². The summed E-state index contributed by atoms with van der Waals surface area (Å²) in [6, 6.07) is 14.9. The Morgan fingerprint density at radius 1 is 0.968 bits per heavy atom. The fourth-order valence-electron chi connectivity index (χ4n) is 3.72. The largest absolute Gasteiger partial charge is 0.350 e. The predicted octanol–water partition coefficient (Wildman–Crippen LogP) is 5.05. The van der Waals surface area contributed by atoms with Crippen molar-refractivity contribution in [2.45, 2.75) is 27.3 Å². The SMILES string of the molecule is Cc1ccc(C2=C(Nc3cc(Cl)ccc3C)C(=O)N(Cc3cccnc3)C2=O)c(C)c1. The van der Waals surface area contributed by atoms with E-state index in [0.29, 0.717) is 16.3 Å². The summed E-state index contributed by atoms with van der Waals surface area (Å²) in [5, 5.41) is 3.75. The lowest BCUT2D eigenvalue weighted by atomic mass is 9.97. The third-order valence-electron chi connectivity index (χ3n) is 5.34. The Morgan fingerprint density at radius 3 is 2.48 bits per heavy atom. The van der Waals surface area contributed by atoms with Gasteiger partial charge in [0.05, 0.1) is 12.1 Å². The van der Waals surface area contributed by atoms with E-state index >= 15 is 0 Å². The first-order valence-corrected chi connectivity index (χ1v) is 10.3. The first-order valence-electron chi connectivity index (χ1n) is 9.95. The number of imide groups is 1. The van der Waals surface area contributed by atoms with Crippen molar-refractivity contribution < 1.29 is 9.59 Å². The minimum atomic E-state index is -0.372. The van der Waals surface area contributed by atoms with E-state index in [1.807, 2.05) is 51.1 Å². The van der Waals surface area contributed by atoms with Crippen LogP contribution in [-0.2, 0) is 16.1 Å². The Hall–Kier alpha value is -3.44. The van der Waals surface area contributed by atoms with Gasteiger partial charge in [-0.15, -0.1) is 0 Å². The minimum absolute atomic E-state index is 0.152. The molecule has 4 rings (SSSR count). The van der Waals surface area contributed by atoms with Crippen LogP contribution in [0.3, 0.4) is 0 Å². The number of benzene rings is 2. The number of anilines is 1. The monoisotopic (exact) mass is 431 g/mol. The van der Waals surface area contributed by atoms with Crippen molar-refractivity contribution in [3.05, 3.63) is 99.5 Å². The second-order valence-electron chi connectivity index (χ2n) is 7.71. The minimum Gasteiger partial charge on any atom is -0.350 e. The highest BCUT2D eigenvalue weighted by Gasteiger charge is 2.39. The van der Waals surface area contributed by atoms with Crippen LogP contribution in [0.5, 0.6) is 0 Å². The highest BCUT2D eigenvalue weighted by atomic mass is 35.5. The van der Waals surface area contributed by atoms with Crippen LogP contribution in [0.1, 0.15) is 27.8 Å². The Labute approximate surface area is 186 Å². The number of carbonyl (C=O) groups excluding carboxylic acids is 2. The van der Waals surface area contributed by atoms with Crippen molar-refractivity contribution in [3.63, 3.8) is 0 Å². The van der Waals surface area contributed by atoms with Gasteiger partial charge >= 0.3 is 0 Å². The average Bonchev–Trinajstić information content (AvgIpc) is 2.96. The summed E-state index contributed by atoms with van der Waals surface area (Å²) in [4.78, 5) is 32.2. The molecule has 0 saturated carbocycles. The second-order valence-corrected chi connectivity index (χ2v) is 8.15. The van der Waals surface area contributed by atoms with E-state index in [2.05, 4.69) is 10.3 Å². The van der Waals surface area contributed by atoms with Gasteiger partial charge in [0, 0.05) is 23.1 Å². The molecule has 2 amide bonds. The van der Waals surface area contributed by atoms with Gasteiger partial charge in [-0.3, -0.25) is 19.5 Å². The number of carbonyl (C=O) groups is 2. The van der Waals surface area contributed by atoms with Crippen LogP contribution in [0.2, 0.25) is 5.02 Å². The number of aryl methyl sites for hydroxylation is 3. The first-order chi connectivity index (χ1) is 14.8. The number of nitrogens with one attached hydrogen (secondary N) is 1. The quantitative estimate of drug-likeness (QED) is 0.574. The molecule has 1 N–H and O–H groups in total. The molecular formula is C25H22ClN3O2. The molecule has 1 aliphatic rings. The second kappa shape index (κ2) is 8.36. The standard InChI is InChI=1S/C25H22ClN3O2/c1-15-6-9-20(17(3)11-15)22-23(28-21-12-19(26)8-7-16(21)2)25(31)29(24(22)30)14-18-5-4-10-27-13-18/h4-13,28H,14H2,1-3H3. The number of halogens is 1. The van der Waals surface area contributed by atoms with Crippen molar-refractivity contribution in [3.8, 4) is 0 Å². The van der Waals surface area contributed by atoms with Crippen LogP contribution in [-0.4, -0.2) is 21.7 Å². The summed E-state index contributed by atoms with van der Waals surface area (Å²) in [6.07, 6.45) is 3.31. The van der Waals surface area contributed by atoms with Gasteiger partial charge in [0.15, 0.2) is 0 Å². The summed E-state index contributed by atoms with van der Waals surface area (Å²) in [7, 11) is 0. The number of aromatic nitrogens is 1. The molecule has 5 nitrogen and oxygen atoms in total. The molecule has 1 aliphatic heterocycles. The molecule has 1 aromatic heterocycles. The summed E-state index contributed by atoms with van der Waals surface area (Å²) >= 11 is 6.17. The zero-order chi connectivity index (χ0) is 22.1. The van der Waals surface area contributed by atoms with Gasteiger partial charge in [-0.1, -0.05) is 47.5 Å². The number of hydrogen-bond acceptors (Lipinski definition) is 4. The summed E-state index contributed by atoms with van der Waals surface area (Å²) in [5.74, 6) is -0.703. The smallest absolute Gasteiger partial charge is 0.278 e. The van der Waals surface area contributed by atoms with Crippen LogP contribution >= 0.6 is 11.6 Å². The van der Waals surface area contributed by atoms with Gasteiger partial charge in [0.25, 0.3) is 11.8 Å². The van der Waals surface area contributed by atoms with Crippen LogP contribution in [0, 0.1) is 20.8 Å². The molecule has 156 valence electrons.